The van der Waals surface area contributed by atoms with Crippen LogP contribution in [0.15, 0.2) is 24.3 Å². The molecule has 1 aliphatic rings. The lowest BCUT2D eigenvalue weighted by atomic mass is 10.1. The Kier molecular flexibility index (Phi) is 4.72. The van der Waals surface area contributed by atoms with Crippen molar-refractivity contribution in [2.45, 2.75) is 6.18 Å². The number of likely N-dealkylation sites (N-methyl/N-ethyl adjacent to an activating group) is 1. The second kappa shape index (κ2) is 6.34. The summed E-state index contributed by atoms with van der Waals surface area (Å²) < 4.78 is 38.9. The molecule has 0 radical (unpaired) electrons. The third-order valence-corrected chi connectivity index (χ3v) is 3.46. The summed E-state index contributed by atoms with van der Waals surface area (Å²) in [6, 6.07) is 5.30. The molecule has 1 aromatic rings. The van der Waals surface area contributed by atoms with E-state index in [2.05, 4.69) is 5.32 Å². The van der Waals surface area contributed by atoms with E-state index < -0.39 is 11.7 Å². The van der Waals surface area contributed by atoms with E-state index in [1.165, 1.54) is 30.1 Å². The van der Waals surface area contributed by atoms with Crippen LogP contribution in [0.1, 0.15) is 5.56 Å². The molecule has 116 valence electrons. The van der Waals surface area contributed by atoms with Gasteiger partial charge < -0.3 is 15.1 Å². The summed E-state index contributed by atoms with van der Waals surface area (Å²) in [4.78, 5) is 15.1. The zero-order chi connectivity index (χ0) is 15.5. The number of carbonyl (C=O) groups excluding carboxylic acids is 1. The fourth-order valence-corrected chi connectivity index (χ4v) is 2.35. The van der Waals surface area contributed by atoms with Gasteiger partial charge in [0.2, 0.25) is 5.91 Å². The zero-order valence-electron chi connectivity index (χ0n) is 11.8. The van der Waals surface area contributed by atoms with Crippen molar-refractivity contribution in [2.24, 2.45) is 0 Å². The third kappa shape index (κ3) is 3.87. The molecular weight excluding hydrogens is 283 g/mol. The highest BCUT2D eigenvalue weighted by Crippen LogP contribution is 2.35. The second-order valence-electron chi connectivity index (χ2n) is 5.00. The molecule has 0 aromatic heterocycles. The first-order chi connectivity index (χ1) is 9.89. The Morgan fingerprint density at radius 3 is 2.52 bits per heavy atom. The molecule has 1 N–H and O–H groups in total. The van der Waals surface area contributed by atoms with Crippen LogP contribution >= 0.6 is 0 Å². The minimum atomic E-state index is -4.43. The van der Waals surface area contributed by atoms with Gasteiger partial charge in [-0.3, -0.25) is 4.79 Å². The standard InChI is InChI=1S/C14H18F3N3O/c1-19(10-13(21)20-8-6-18-7-9-20)12-5-3-2-4-11(12)14(15,16)17/h2-5,18H,6-10H2,1H3. The molecule has 21 heavy (non-hydrogen) atoms. The van der Waals surface area contributed by atoms with Gasteiger partial charge >= 0.3 is 6.18 Å². The van der Waals surface area contributed by atoms with Gasteiger partial charge in [-0.25, -0.2) is 0 Å². The van der Waals surface area contributed by atoms with Crippen molar-refractivity contribution < 1.29 is 18.0 Å². The molecule has 1 aromatic carbocycles. The third-order valence-electron chi connectivity index (χ3n) is 3.46. The topological polar surface area (TPSA) is 35.6 Å². The van der Waals surface area contributed by atoms with E-state index in [-0.39, 0.29) is 18.1 Å². The summed E-state index contributed by atoms with van der Waals surface area (Å²) in [5.41, 5.74) is -0.700. The van der Waals surface area contributed by atoms with Gasteiger partial charge in [0.1, 0.15) is 0 Å². The molecule has 1 aliphatic heterocycles. The molecule has 0 bridgehead atoms. The van der Waals surface area contributed by atoms with Gasteiger partial charge in [-0.05, 0) is 12.1 Å². The molecule has 1 saturated heterocycles. The van der Waals surface area contributed by atoms with Crippen molar-refractivity contribution in [3.63, 3.8) is 0 Å². The smallest absolute Gasteiger partial charge is 0.365 e. The van der Waals surface area contributed by atoms with E-state index in [9.17, 15) is 18.0 Å². The highest BCUT2D eigenvalue weighted by Gasteiger charge is 2.34. The molecule has 0 atom stereocenters. The van der Waals surface area contributed by atoms with Gasteiger partial charge in [-0.15, -0.1) is 0 Å². The number of carbonyl (C=O) groups is 1. The second-order valence-corrected chi connectivity index (χ2v) is 5.00. The average molecular weight is 301 g/mol. The molecule has 2 rings (SSSR count). The average Bonchev–Trinajstić information content (AvgIpc) is 2.47. The van der Waals surface area contributed by atoms with Crippen molar-refractivity contribution in [2.75, 3.05) is 44.7 Å². The molecule has 4 nitrogen and oxygen atoms in total. The number of benzene rings is 1. The number of halogens is 3. The predicted molar refractivity (Wildman–Crippen MR) is 74.2 cm³/mol. The molecule has 1 heterocycles. The van der Waals surface area contributed by atoms with Gasteiger partial charge in [0.25, 0.3) is 0 Å². The first-order valence-electron chi connectivity index (χ1n) is 6.75. The van der Waals surface area contributed by atoms with Crippen LogP contribution in [0.3, 0.4) is 0 Å². The van der Waals surface area contributed by atoms with E-state index in [0.29, 0.717) is 26.2 Å². The van der Waals surface area contributed by atoms with E-state index in [4.69, 9.17) is 0 Å². The summed E-state index contributed by atoms with van der Waals surface area (Å²) in [6.45, 7) is 2.55. The number of nitrogens with zero attached hydrogens (tertiary/aromatic N) is 2. The van der Waals surface area contributed by atoms with Gasteiger partial charge in [-0.2, -0.15) is 13.2 Å². The van der Waals surface area contributed by atoms with Gasteiger partial charge in [0.15, 0.2) is 0 Å². The van der Waals surface area contributed by atoms with Crippen LogP contribution in [0.5, 0.6) is 0 Å². The van der Waals surface area contributed by atoms with E-state index in [1.54, 1.807) is 4.90 Å². The van der Waals surface area contributed by atoms with Crippen molar-refractivity contribution >= 4 is 11.6 Å². The number of para-hydroxylation sites is 1. The Morgan fingerprint density at radius 2 is 1.90 bits per heavy atom. The van der Waals surface area contributed by atoms with Crippen LogP contribution in [0.2, 0.25) is 0 Å². The zero-order valence-corrected chi connectivity index (χ0v) is 11.8. The van der Waals surface area contributed by atoms with Gasteiger partial charge in [0.05, 0.1) is 12.1 Å². The van der Waals surface area contributed by atoms with Crippen LogP contribution in [0, 0.1) is 0 Å². The Bertz CT molecular complexity index is 498. The fourth-order valence-electron chi connectivity index (χ4n) is 2.35. The van der Waals surface area contributed by atoms with Crippen LogP contribution in [0.4, 0.5) is 18.9 Å². The van der Waals surface area contributed by atoms with Crippen molar-refractivity contribution in [1.29, 1.82) is 0 Å². The molecule has 7 heteroatoms. The molecule has 0 saturated carbocycles. The lowest BCUT2D eigenvalue weighted by molar-refractivity contribution is -0.137. The predicted octanol–water partition coefficient (Wildman–Crippen LogP) is 1.57. The molecule has 1 amide bonds. The largest absolute Gasteiger partial charge is 0.418 e. The summed E-state index contributed by atoms with van der Waals surface area (Å²) in [5.74, 6) is -0.157. The van der Waals surface area contributed by atoms with Crippen LogP contribution in [0.25, 0.3) is 0 Å². The molecule has 0 spiro atoms. The Hall–Kier alpha value is -1.76. The maximum absolute atomic E-state index is 13.0. The summed E-state index contributed by atoms with van der Waals surface area (Å²) in [7, 11) is 1.50. The summed E-state index contributed by atoms with van der Waals surface area (Å²) in [5, 5.41) is 3.13. The minimum absolute atomic E-state index is 0.0217. The highest BCUT2D eigenvalue weighted by molar-refractivity contribution is 5.81. The number of nitrogens with one attached hydrogen (secondary N) is 1. The SMILES string of the molecule is CN(CC(=O)N1CCNCC1)c1ccccc1C(F)(F)F. The van der Waals surface area contributed by atoms with Gasteiger partial charge in [0, 0.05) is 38.9 Å². The minimum Gasteiger partial charge on any atom is -0.365 e. The monoisotopic (exact) mass is 301 g/mol. The van der Waals surface area contributed by atoms with Crippen molar-refractivity contribution in [3.05, 3.63) is 29.8 Å². The van der Waals surface area contributed by atoms with Gasteiger partial charge in [-0.1, -0.05) is 12.1 Å². The van der Waals surface area contributed by atoms with Crippen LogP contribution in [-0.4, -0.2) is 50.6 Å². The van der Waals surface area contributed by atoms with Crippen molar-refractivity contribution in [1.82, 2.24) is 10.2 Å². The number of hydrogen-bond donors (Lipinski definition) is 1. The number of anilines is 1. The van der Waals surface area contributed by atoms with Crippen LogP contribution < -0.4 is 10.2 Å². The van der Waals surface area contributed by atoms with E-state index in [1.807, 2.05) is 0 Å². The summed E-state index contributed by atoms with van der Waals surface area (Å²) >= 11 is 0. The number of amides is 1. The van der Waals surface area contributed by atoms with Crippen molar-refractivity contribution in [3.8, 4) is 0 Å². The van der Waals surface area contributed by atoms with E-state index >= 15 is 0 Å². The number of rotatable bonds is 3. The maximum Gasteiger partial charge on any atom is 0.418 e. The first kappa shape index (κ1) is 15.6. The number of hydrogen-bond acceptors (Lipinski definition) is 3. The van der Waals surface area contributed by atoms with E-state index in [0.717, 1.165) is 6.07 Å². The highest BCUT2D eigenvalue weighted by atomic mass is 19.4. The Labute approximate surface area is 121 Å². The lowest BCUT2D eigenvalue weighted by Crippen LogP contribution is -2.49. The summed E-state index contributed by atoms with van der Waals surface area (Å²) in [6.07, 6.45) is -4.43. The Morgan fingerprint density at radius 1 is 1.29 bits per heavy atom. The molecule has 1 fully saturated rings. The van der Waals surface area contributed by atoms with Crippen LogP contribution in [-0.2, 0) is 11.0 Å². The quantitative estimate of drug-likeness (QED) is 0.920. The molecular formula is C14H18F3N3O. The maximum atomic E-state index is 13.0. The normalized spacial score (nSPS) is 15.9. The molecule has 0 unspecified atom stereocenters. The number of piperazine rings is 1. The fraction of sp³-hybridized carbons (Fsp3) is 0.500. The lowest BCUT2D eigenvalue weighted by Gasteiger charge is -2.30. The Balaban J connectivity index is 2.10. The molecule has 0 aliphatic carbocycles. The first-order valence-corrected chi connectivity index (χ1v) is 6.75. The number of alkyl halides is 3.